The van der Waals surface area contributed by atoms with Crippen LogP contribution in [0.5, 0.6) is 11.5 Å². The molecule has 0 spiro atoms. The van der Waals surface area contributed by atoms with Crippen LogP contribution in [-0.4, -0.2) is 59.4 Å². The van der Waals surface area contributed by atoms with Gasteiger partial charge in [-0.15, -0.1) is 0 Å². The minimum absolute atomic E-state index is 0.114. The number of carboxylic acids is 1. The zero-order valence-electron chi connectivity index (χ0n) is 19.9. The number of aromatic carboxylic acids is 1. The molecule has 1 fully saturated rings. The molecule has 0 saturated carbocycles. The fourth-order valence-corrected chi connectivity index (χ4v) is 4.89. The minimum Gasteiger partial charge on any atom is -0.490 e. The fourth-order valence-electron chi connectivity index (χ4n) is 3.25. The van der Waals surface area contributed by atoms with Crippen molar-refractivity contribution >= 4 is 62.5 Å². The van der Waals surface area contributed by atoms with Gasteiger partial charge in [-0.25, -0.2) is 14.6 Å². The molecule has 0 atom stereocenters. The lowest BCUT2D eigenvalue weighted by Crippen LogP contribution is -2.28. The number of amides is 1. The number of thioether (sulfide) groups is 1. The molecule has 1 heterocycles. The van der Waals surface area contributed by atoms with E-state index in [2.05, 4.69) is 20.9 Å². The van der Waals surface area contributed by atoms with Crippen molar-refractivity contribution in [2.45, 2.75) is 20.8 Å². The van der Waals surface area contributed by atoms with E-state index in [-0.39, 0.29) is 24.7 Å². The smallest absolute Gasteiger partial charge is 0.344 e. The van der Waals surface area contributed by atoms with Crippen LogP contribution in [0.15, 0.2) is 50.8 Å². The van der Waals surface area contributed by atoms with Gasteiger partial charge in [0.2, 0.25) is 0 Å². The molecule has 1 aliphatic rings. The summed E-state index contributed by atoms with van der Waals surface area (Å²) >= 11 is 4.66. The number of ether oxygens (including phenoxy) is 3. The van der Waals surface area contributed by atoms with Crippen LogP contribution < -0.4 is 9.47 Å². The Morgan fingerprint density at radius 1 is 1.14 bits per heavy atom. The van der Waals surface area contributed by atoms with Crippen molar-refractivity contribution in [1.29, 1.82) is 0 Å². The zero-order valence-corrected chi connectivity index (χ0v) is 22.3. The maximum Gasteiger partial charge on any atom is 0.344 e. The maximum absolute atomic E-state index is 13.1. The van der Waals surface area contributed by atoms with Crippen molar-refractivity contribution in [3.63, 3.8) is 0 Å². The van der Waals surface area contributed by atoms with Crippen molar-refractivity contribution in [3.05, 3.63) is 56.9 Å². The molecule has 190 valence electrons. The third-order valence-corrected chi connectivity index (χ3v) is 6.39. The Morgan fingerprint density at radius 2 is 1.92 bits per heavy atom. The first-order chi connectivity index (χ1) is 17.3. The van der Waals surface area contributed by atoms with Crippen molar-refractivity contribution < 1.29 is 33.7 Å². The molecule has 0 bridgehead atoms. The lowest BCUT2D eigenvalue weighted by atomic mass is 10.2. The number of carbonyl (C=O) groups excluding carboxylic acids is 2. The minimum atomic E-state index is -1.05. The molecule has 36 heavy (non-hydrogen) atoms. The van der Waals surface area contributed by atoms with Gasteiger partial charge >= 0.3 is 11.9 Å². The van der Waals surface area contributed by atoms with Crippen LogP contribution in [-0.2, 0) is 14.3 Å². The van der Waals surface area contributed by atoms with Crippen LogP contribution in [0.4, 0.5) is 5.69 Å². The predicted molar refractivity (Wildman–Crippen MR) is 141 cm³/mol. The first-order valence-corrected chi connectivity index (χ1v) is 12.8. The molecule has 1 aliphatic heterocycles. The number of carboxylic acid groups (broad SMARTS) is 1. The molecule has 3 rings (SSSR count). The largest absolute Gasteiger partial charge is 0.490 e. The van der Waals surface area contributed by atoms with Crippen LogP contribution in [0.25, 0.3) is 6.08 Å². The highest BCUT2D eigenvalue weighted by molar-refractivity contribution is 9.10. The number of amidine groups is 1. The molecular formula is C25H25BrN2O7S. The number of hydrogen-bond donors (Lipinski definition) is 1. The van der Waals surface area contributed by atoms with Crippen LogP contribution in [0, 0.1) is 0 Å². The molecular weight excluding hydrogens is 552 g/mol. The summed E-state index contributed by atoms with van der Waals surface area (Å²) in [6, 6.07) is 9.70. The molecule has 9 nitrogen and oxygen atoms in total. The summed E-state index contributed by atoms with van der Waals surface area (Å²) in [6.45, 7) is 6.13. The Kier molecular flexibility index (Phi) is 9.54. The topological polar surface area (TPSA) is 115 Å². The van der Waals surface area contributed by atoms with E-state index in [4.69, 9.17) is 14.2 Å². The summed E-state index contributed by atoms with van der Waals surface area (Å²) in [5.74, 6) is -0.998. The highest BCUT2D eigenvalue weighted by atomic mass is 79.9. The Morgan fingerprint density at radius 3 is 2.58 bits per heavy atom. The van der Waals surface area contributed by atoms with Crippen molar-refractivity contribution in [2.75, 3.05) is 26.4 Å². The number of likely N-dealkylation sites (N-methyl/N-ethyl adjacent to an activating group) is 1. The van der Waals surface area contributed by atoms with Gasteiger partial charge in [-0.1, -0.05) is 6.07 Å². The summed E-state index contributed by atoms with van der Waals surface area (Å²) in [5, 5.41) is 9.68. The van der Waals surface area contributed by atoms with E-state index < -0.39 is 11.9 Å². The van der Waals surface area contributed by atoms with E-state index in [0.29, 0.717) is 50.4 Å². The summed E-state index contributed by atoms with van der Waals surface area (Å²) in [6.07, 6.45) is 1.72. The van der Waals surface area contributed by atoms with E-state index >= 15 is 0 Å². The van der Waals surface area contributed by atoms with Gasteiger partial charge in [0, 0.05) is 6.54 Å². The number of nitrogens with zero attached hydrogens (tertiary/aromatic N) is 2. The van der Waals surface area contributed by atoms with E-state index in [0.717, 1.165) is 0 Å². The first-order valence-electron chi connectivity index (χ1n) is 11.2. The second kappa shape index (κ2) is 12.6. The molecule has 2 aromatic rings. The van der Waals surface area contributed by atoms with Crippen molar-refractivity contribution in [1.82, 2.24) is 4.90 Å². The number of halogens is 1. The lowest BCUT2D eigenvalue weighted by molar-refractivity contribution is -0.145. The second-order valence-electron chi connectivity index (χ2n) is 7.27. The monoisotopic (exact) mass is 576 g/mol. The predicted octanol–water partition coefficient (Wildman–Crippen LogP) is 5.11. The normalized spacial score (nSPS) is 15.4. The van der Waals surface area contributed by atoms with Gasteiger partial charge in [-0.3, -0.25) is 9.69 Å². The number of aliphatic imine (C=N–C) groups is 1. The standard InChI is InChI=1S/C25H25BrN2O7S/c1-4-28-23(30)20(36-25(28)27-17-9-7-8-16(13-17)24(31)32)12-15-10-18(26)22(19(11-15)33-5-2)35-14-21(29)34-6-3/h7-13H,4-6,14H2,1-3H3,(H,31,32)/b20-12+,27-25?. The summed E-state index contributed by atoms with van der Waals surface area (Å²) in [4.78, 5) is 42.5. The van der Waals surface area contributed by atoms with E-state index in [1.165, 1.54) is 28.8 Å². The summed E-state index contributed by atoms with van der Waals surface area (Å²) in [5.41, 5.74) is 1.23. The third kappa shape index (κ3) is 6.67. The molecule has 0 aromatic heterocycles. The Balaban J connectivity index is 1.91. The van der Waals surface area contributed by atoms with Crippen LogP contribution in [0.3, 0.4) is 0 Å². The number of benzene rings is 2. The Labute approximate surface area is 221 Å². The van der Waals surface area contributed by atoms with Crippen LogP contribution >= 0.6 is 27.7 Å². The fraction of sp³-hybridized carbons (Fsp3) is 0.280. The summed E-state index contributed by atoms with van der Waals surface area (Å²) < 4.78 is 16.8. The number of carbonyl (C=O) groups is 3. The average Bonchev–Trinajstić information content (AvgIpc) is 3.12. The van der Waals surface area contributed by atoms with Crippen molar-refractivity contribution in [3.8, 4) is 11.5 Å². The van der Waals surface area contributed by atoms with Crippen LogP contribution in [0.2, 0.25) is 0 Å². The van der Waals surface area contributed by atoms with E-state index in [1.807, 2.05) is 13.8 Å². The molecule has 0 radical (unpaired) electrons. The van der Waals surface area contributed by atoms with E-state index in [9.17, 15) is 19.5 Å². The average molecular weight is 577 g/mol. The van der Waals surface area contributed by atoms with Gasteiger partial charge in [0.1, 0.15) is 0 Å². The zero-order chi connectivity index (χ0) is 26.2. The maximum atomic E-state index is 13.1. The van der Waals surface area contributed by atoms with Gasteiger partial charge in [-0.2, -0.15) is 0 Å². The molecule has 11 heteroatoms. The molecule has 1 amide bonds. The number of esters is 1. The molecule has 0 aliphatic carbocycles. The van der Waals surface area contributed by atoms with Crippen LogP contribution in [0.1, 0.15) is 36.7 Å². The Bertz CT molecular complexity index is 1230. The molecule has 1 saturated heterocycles. The highest BCUT2D eigenvalue weighted by Crippen LogP contribution is 2.39. The van der Waals surface area contributed by atoms with Gasteiger partial charge < -0.3 is 19.3 Å². The molecule has 1 N–H and O–H groups in total. The SMILES string of the molecule is CCOC(=O)COc1c(Br)cc(/C=C2/SC(=Nc3cccc(C(=O)O)c3)N(CC)C2=O)cc1OCC. The quantitative estimate of drug-likeness (QED) is 0.306. The summed E-state index contributed by atoms with van der Waals surface area (Å²) in [7, 11) is 0. The lowest BCUT2D eigenvalue weighted by Gasteiger charge is -2.14. The first kappa shape index (κ1) is 27.3. The third-order valence-electron chi connectivity index (χ3n) is 4.79. The van der Waals surface area contributed by atoms with E-state index in [1.54, 1.807) is 37.3 Å². The highest BCUT2D eigenvalue weighted by Gasteiger charge is 2.32. The molecule has 0 unspecified atom stereocenters. The van der Waals surface area contributed by atoms with Gasteiger partial charge in [0.25, 0.3) is 5.91 Å². The number of rotatable bonds is 10. The van der Waals surface area contributed by atoms with Gasteiger partial charge in [0.15, 0.2) is 23.3 Å². The number of hydrogen-bond acceptors (Lipinski definition) is 8. The second-order valence-corrected chi connectivity index (χ2v) is 9.13. The molecule has 2 aromatic carbocycles. The van der Waals surface area contributed by atoms with Crippen molar-refractivity contribution in [2.24, 2.45) is 4.99 Å². The Hall–Kier alpha value is -3.31. The van der Waals surface area contributed by atoms with Gasteiger partial charge in [-0.05, 0) is 90.4 Å². The van der Waals surface area contributed by atoms with Gasteiger partial charge in [0.05, 0.1) is 33.8 Å².